The van der Waals surface area contributed by atoms with Gasteiger partial charge in [0.2, 0.25) is 5.91 Å². The molecule has 1 saturated carbocycles. The molecule has 0 saturated heterocycles. The summed E-state index contributed by atoms with van der Waals surface area (Å²) in [5.74, 6) is -0.955. The second kappa shape index (κ2) is 7.75. The summed E-state index contributed by atoms with van der Waals surface area (Å²) < 4.78 is 25.0. The molecule has 7 heteroatoms. The van der Waals surface area contributed by atoms with E-state index in [9.17, 15) is 13.2 Å². The number of nitriles is 1. The molecule has 0 spiro atoms. The lowest BCUT2D eigenvalue weighted by Gasteiger charge is -2.09. The van der Waals surface area contributed by atoms with Gasteiger partial charge >= 0.3 is 0 Å². The van der Waals surface area contributed by atoms with Crippen LogP contribution in [-0.2, 0) is 14.6 Å². The summed E-state index contributed by atoms with van der Waals surface area (Å²) in [6.45, 7) is 0. The van der Waals surface area contributed by atoms with Crippen LogP contribution >= 0.6 is 15.9 Å². The summed E-state index contributed by atoms with van der Waals surface area (Å²) in [4.78, 5) is 12.3. The van der Waals surface area contributed by atoms with Crippen molar-refractivity contribution in [3.63, 3.8) is 0 Å². The predicted octanol–water partition coefficient (Wildman–Crippen LogP) is 2.44. The highest BCUT2D eigenvalue weighted by Gasteiger charge is 2.26. The van der Waals surface area contributed by atoms with Crippen molar-refractivity contribution in [2.45, 2.75) is 25.3 Å². The van der Waals surface area contributed by atoms with Crippen molar-refractivity contribution in [2.24, 2.45) is 0 Å². The Morgan fingerprint density at radius 3 is 2.78 bits per heavy atom. The van der Waals surface area contributed by atoms with Gasteiger partial charge in [0, 0.05) is 22.5 Å². The quantitative estimate of drug-likeness (QED) is 0.716. The van der Waals surface area contributed by atoms with E-state index in [1.165, 1.54) is 0 Å². The molecule has 0 bridgehead atoms. The van der Waals surface area contributed by atoms with Crippen molar-refractivity contribution in [1.29, 1.82) is 5.26 Å². The van der Waals surface area contributed by atoms with Gasteiger partial charge in [0.25, 0.3) is 0 Å². The van der Waals surface area contributed by atoms with Gasteiger partial charge in [-0.1, -0.05) is 28.1 Å². The minimum absolute atomic E-state index is 0.0727. The molecule has 1 aromatic carbocycles. The van der Waals surface area contributed by atoms with Crippen LogP contribution in [0.1, 0.15) is 24.8 Å². The topological polar surface area (TPSA) is 87.0 Å². The fraction of sp³-hybridized carbons (Fsp3) is 0.375. The van der Waals surface area contributed by atoms with Crippen LogP contribution in [0.5, 0.6) is 0 Å². The van der Waals surface area contributed by atoms with E-state index in [-0.39, 0.29) is 35.4 Å². The van der Waals surface area contributed by atoms with Crippen molar-refractivity contribution in [2.75, 3.05) is 11.5 Å². The average molecular weight is 397 g/mol. The number of sulfone groups is 1. The molecule has 1 amide bonds. The van der Waals surface area contributed by atoms with Gasteiger partial charge < -0.3 is 5.32 Å². The van der Waals surface area contributed by atoms with Crippen LogP contribution in [0, 0.1) is 11.3 Å². The normalized spacial score (nSPS) is 15.0. The third-order valence-corrected chi connectivity index (χ3v) is 5.36. The molecular weight excluding hydrogens is 380 g/mol. The number of amides is 1. The van der Waals surface area contributed by atoms with Crippen molar-refractivity contribution in [3.8, 4) is 6.07 Å². The molecule has 0 radical (unpaired) electrons. The average Bonchev–Trinajstić information content (AvgIpc) is 3.28. The molecule has 2 rings (SSSR count). The predicted molar refractivity (Wildman–Crippen MR) is 92.2 cm³/mol. The van der Waals surface area contributed by atoms with Crippen LogP contribution in [-0.4, -0.2) is 31.9 Å². The fourth-order valence-electron chi connectivity index (χ4n) is 1.99. The van der Waals surface area contributed by atoms with Gasteiger partial charge in [-0.2, -0.15) is 5.26 Å². The van der Waals surface area contributed by atoms with E-state index in [1.807, 2.05) is 24.3 Å². The molecule has 5 nitrogen and oxygen atoms in total. The first kappa shape index (κ1) is 17.7. The maximum absolute atomic E-state index is 12.3. The monoisotopic (exact) mass is 396 g/mol. The van der Waals surface area contributed by atoms with E-state index in [0.29, 0.717) is 0 Å². The number of rotatable bonds is 7. The van der Waals surface area contributed by atoms with Crippen LogP contribution in [0.15, 0.2) is 34.3 Å². The molecule has 1 aromatic rings. The number of hydrogen-bond acceptors (Lipinski definition) is 4. The zero-order valence-corrected chi connectivity index (χ0v) is 14.9. The lowest BCUT2D eigenvalue weighted by atomic mass is 10.1. The van der Waals surface area contributed by atoms with Crippen molar-refractivity contribution < 1.29 is 13.2 Å². The van der Waals surface area contributed by atoms with Crippen molar-refractivity contribution in [1.82, 2.24) is 5.32 Å². The lowest BCUT2D eigenvalue weighted by molar-refractivity contribution is -0.117. The van der Waals surface area contributed by atoms with E-state index in [4.69, 9.17) is 5.26 Å². The first-order valence-electron chi connectivity index (χ1n) is 7.24. The molecule has 0 aromatic heterocycles. The molecule has 0 unspecified atom stereocenters. The summed E-state index contributed by atoms with van der Waals surface area (Å²) in [5.41, 5.74) is 0.948. The zero-order chi connectivity index (χ0) is 16.9. The molecule has 122 valence electrons. The van der Waals surface area contributed by atoms with Gasteiger partial charge in [-0.25, -0.2) is 8.42 Å². The Morgan fingerprint density at radius 2 is 2.17 bits per heavy atom. The van der Waals surface area contributed by atoms with Crippen LogP contribution in [0.25, 0.3) is 6.08 Å². The highest BCUT2D eigenvalue weighted by molar-refractivity contribution is 9.10. The minimum Gasteiger partial charge on any atom is -0.350 e. The molecule has 0 atom stereocenters. The van der Waals surface area contributed by atoms with Gasteiger partial charge in [0.1, 0.15) is 0 Å². The maximum Gasteiger partial charge on any atom is 0.248 e. The maximum atomic E-state index is 12.3. The van der Waals surface area contributed by atoms with E-state index in [2.05, 4.69) is 21.2 Å². The number of carbonyl (C=O) groups is 1. The number of halogens is 1. The Morgan fingerprint density at radius 1 is 1.43 bits per heavy atom. The Labute approximate surface area is 144 Å². The van der Waals surface area contributed by atoms with E-state index < -0.39 is 9.84 Å². The number of nitrogens with zero attached hydrogens (tertiary/aromatic N) is 1. The minimum atomic E-state index is -3.50. The standard InChI is InChI=1S/C16H17BrN2O3S/c17-14-4-1-3-12(10-14)9-13(16(20)19-15-5-6-15)11-23(21,22)8-2-7-18/h1,3-4,9-10,15H,2,5-6,8,11H2,(H,19,20)/b13-9+. The third-order valence-electron chi connectivity index (χ3n) is 3.29. The highest BCUT2D eigenvalue weighted by Crippen LogP contribution is 2.21. The largest absolute Gasteiger partial charge is 0.350 e. The SMILES string of the molecule is N#CCCS(=O)(=O)C/C(=C\c1cccc(Br)c1)C(=O)NC1CC1. The van der Waals surface area contributed by atoms with E-state index in [1.54, 1.807) is 12.1 Å². The highest BCUT2D eigenvalue weighted by atomic mass is 79.9. The smallest absolute Gasteiger partial charge is 0.248 e. The Balaban J connectivity index is 2.24. The second-order valence-corrected chi connectivity index (χ2v) is 8.57. The van der Waals surface area contributed by atoms with Gasteiger partial charge in [-0.15, -0.1) is 0 Å². The number of benzene rings is 1. The Bertz CT molecular complexity index is 762. The molecule has 1 fully saturated rings. The molecule has 1 aliphatic carbocycles. The second-order valence-electron chi connectivity index (χ2n) is 5.47. The summed E-state index contributed by atoms with van der Waals surface area (Å²) in [7, 11) is -3.50. The molecular formula is C16H17BrN2O3S. The molecule has 0 heterocycles. The summed E-state index contributed by atoms with van der Waals surface area (Å²) in [6.07, 6.45) is 3.37. The van der Waals surface area contributed by atoms with Gasteiger partial charge in [-0.05, 0) is 36.6 Å². The first-order valence-corrected chi connectivity index (χ1v) is 9.85. The molecule has 23 heavy (non-hydrogen) atoms. The molecule has 1 N–H and O–H groups in total. The van der Waals surface area contributed by atoms with E-state index in [0.717, 1.165) is 22.9 Å². The van der Waals surface area contributed by atoms with Crippen LogP contribution < -0.4 is 5.32 Å². The summed E-state index contributed by atoms with van der Waals surface area (Å²) >= 11 is 3.35. The van der Waals surface area contributed by atoms with Crippen LogP contribution in [0.2, 0.25) is 0 Å². The zero-order valence-electron chi connectivity index (χ0n) is 12.5. The number of nitrogens with one attached hydrogen (secondary N) is 1. The Kier molecular flexibility index (Phi) is 5.97. The first-order chi connectivity index (χ1) is 10.9. The summed E-state index contributed by atoms with van der Waals surface area (Å²) in [5, 5.41) is 11.4. The molecule has 0 aliphatic heterocycles. The van der Waals surface area contributed by atoms with Crippen molar-refractivity contribution >= 4 is 37.8 Å². The van der Waals surface area contributed by atoms with E-state index >= 15 is 0 Å². The fourth-order valence-corrected chi connectivity index (χ4v) is 3.64. The van der Waals surface area contributed by atoms with Gasteiger partial charge in [-0.3, -0.25) is 4.79 Å². The van der Waals surface area contributed by atoms with Crippen molar-refractivity contribution in [3.05, 3.63) is 39.9 Å². The lowest BCUT2D eigenvalue weighted by Crippen LogP contribution is -2.30. The van der Waals surface area contributed by atoms with Gasteiger partial charge in [0.15, 0.2) is 9.84 Å². The van der Waals surface area contributed by atoms with Gasteiger partial charge in [0.05, 0.1) is 17.6 Å². The Hall–Kier alpha value is -1.65. The van der Waals surface area contributed by atoms with Crippen LogP contribution in [0.4, 0.5) is 0 Å². The molecule has 1 aliphatic rings. The number of carbonyl (C=O) groups excluding carboxylic acids is 1. The number of hydrogen-bond donors (Lipinski definition) is 1. The van der Waals surface area contributed by atoms with Crippen LogP contribution in [0.3, 0.4) is 0 Å². The summed E-state index contributed by atoms with van der Waals surface area (Å²) in [6, 6.07) is 9.25. The third kappa shape index (κ3) is 6.16.